The van der Waals surface area contributed by atoms with Crippen LogP contribution in [0.4, 0.5) is 0 Å². The molecule has 1 fully saturated rings. The fraction of sp³-hybridized carbons (Fsp3) is 0.471. The zero-order chi connectivity index (χ0) is 16.8. The number of piperazine rings is 1. The Bertz CT molecular complexity index is 668. The van der Waals surface area contributed by atoms with Crippen LogP contribution in [-0.2, 0) is 13.1 Å². The molecule has 0 amide bonds. The highest BCUT2D eigenvalue weighted by atomic mass is 127. The van der Waals surface area contributed by atoms with Gasteiger partial charge in [-0.2, -0.15) is 0 Å². The van der Waals surface area contributed by atoms with Gasteiger partial charge < -0.3 is 14.7 Å². The van der Waals surface area contributed by atoms with Gasteiger partial charge in [0.15, 0.2) is 5.96 Å². The van der Waals surface area contributed by atoms with Gasteiger partial charge >= 0.3 is 0 Å². The van der Waals surface area contributed by atoms with Gasteiger partial charge in [-0.05, 0) is 19.1 Å². The maximum atomic E-state index is 4.89. The van der Waals surface area contributed by atoms with E-state index in [4.69, 9.17) is 4.52 Å². The van der Waals surface area contributed by atoms with E-state index in [0.717, 1.165) is 55.8 Å². The van der Waals surface area contributed by atoms with Crippen molar-refractivity contribution in [1.29, 1.82) is 0 Å². The molecular formula is C17H25IN6O. The third-order valence-electron chi connectivity index (χ3n) is 4.13. The van der Waals surface area contributed by atoms with E-state index in [1.165, 1.54) is 0 Å². The van der Waals surface area contributed by atoms with Gasteiger partial charge in [0.2, 0.25) is 0 Å². The SMILES string of the molecule is CN=C(NCc1cccc(C)n1)N1CCN(Cc2ccon2)CC1.I. The summed E-state index contributed by atoms with van der Waals surface area (Å²) in [6, 6.07) is 7.99. The quantitative estimate of drug-likeness (QED) is 0.431. The molecule has 0 unspecified atom stereocenters. The minimum atomic E-state index is 0. The van der Waals surface area contributed by atoms with E-state index in [1.807, 2.05) is 38.2 Å². The van der Waals surface area contributed by atoms with E-state index in [0.29, 0.717) is 6.54 Å². The number of hydrogen-bond donors (Lipinski definition) is 1. The average Bonchev–Trinajstić information content (AvgIpc) is 3.10. The molecule has 2 aromatic heterocycles. The van der Waals surface area contributed by atoms with Crippen molar-refractivity contribution in [2.24, 2.45) is 4.99 Å². The topological polar surface area (TPSA) is 69.8 Å². The Labute approximate surface area is 165 Å². The number of hydrogen-bond acceptors (Lipinski definition) is 5. The summed E-state index contributed by atoms with van der Waals surface area (Å²) in [6.07, 6.45) is 1.62. The van der Waals surface area contributed by atoms with Crippen LogP contribution in [0.5, 0.6) is 0 Å². The lowest BCUT2D eigenvalue weighted by molar-refractivity contribution is 0.169. The van der Waals surface area contributed by atoms with Gasteiger partial charge in [0.05, 0.1) is 17.9 Å². The lowest BCUT2D eigenvalue weighted by atomic mass is 10.3. The van der Waals surface area contributed by atoms with Gasteiger partial charge in [-0.1, -0.05) is 11.2 Å². The molecule has 3 heterocycles. The molecule has 0 saturated carbocycles. The van der Waals surface area contributed by atoms with Crippen LogP contribution < -0.4 is 5.32 Å². The second-order valence-corrected chi connectivity index (χ2v) is 5.93. The number of pyridine rings is 1. The first-order chi connectivity index (χ1) is 11.7. The van der Waals surface area contributed by atoms with Crippen LogP contribution in [0.1, 0.15) is 17.1 Å². The van der Waals surface area contributed by atoms with E-state index < -0.39 is 0 Å². The summed E-state index contributed by atoms with van der Waals surface area (Å²) in [5, 5.41) is 7.39. The summed E-state index contributed by atoms with van der Waals surface area (Å²) in [4.78, 5) is 13.6. The van der Waals surface area contributed by atoms with E-state index in [1.54, 1.807) is 6.26 Å². The number of guanidine groups is 1. The average molecular weight is 456 g/mol. The Morgan fingerprint density at radius 3 is 2.64 bits per heavy atom. The highest BCUT2D eigenvalue weighted by Gasteiger charge is 2.20. The van der Waals surface area contributed by atoms with Crippen LogP contribution >= 0.6 is 24.0 Å². The summed E-state index contributed by atoms with van der Waals surface area (Å²) in [5.74, 6) is 0.930. The monoisotopic (exact) mass is 456 g/mol. The highest BCUT2D eigenvalue weighted by molar-refractivity contribution is 14.0. The van der Waals surface area contributed by atoms with Gasteiger partial charge in [0.1, 0.15) is 6.26 Å². The molecule has 0 atom stereocenters. The van der Waals surface area contributed by atoms with E-state index in [9.17, 15) is 0 Å². The molecule has 0 aliphatic carbocycles. The number of aliphatic imine (C=N–C) groups is 1. The lowest BCUT2D eigenvalue weighted by Crippen LogP contribution is -2.52. The first-order valence-corrected chi connectivity index (χ1v) is 8.24. The first kappa shape index (κ1) is 19.6. The van der Waals surface area contributed by atoms with Crippen molar-refractivity contribution in [3.05, 3.63) is 47.6 Å². The molecule has 7 nitrogen and oxygen atoms in total. The van der Waals surface area contributed by atoms with E-state index in [2.05, 4.69) is 30.2 Å². The molecule has 1 N–H and O–H groups in total. The summed E-state index contributed by atoms with van der Waals surface area (Å²) in [6.45, 7) is 7.38. The van der Waals surface area contributed by atoms with Crippen LogP contribution in [0.15, 0.2) is 40.0 Å². The van der Waals surface area contributed by atoms with Gasteiger partial charge in [0.25, 0.3) is 0 Å². The Morgan fingerprint density at radius 1 is 1.20 bits per heavy atom. The van der Waals surface area contributed by atoms with Gasteiger partial charge in [-0.3, -0.25) is 14.9 Å². The molecule has 0 aromatic carbocycles. The molecule has 3 rings (SSSR count). The smallest absolute Gasteiger partial charge is 0.194 e. The molecule has 0 spiro atoms. The van der Waals surface area contributed by atoms with Crippen molar-refractivity contribution in [2.45, 2.75) is 20.0 Å². The summed E-state index contributed by atoms with van der Waals surface area (Å²) in [7, 11) is 1.83. The van der Waals surface area contributed by atoms with Crippen molar-refractivity contribution in [2.75, 3.05) is 33.2 Å². The van der Waals surface area contributed by atoms with Crippen LogP contribution in [0.3, 0.4) is 0 Å². The molecule has 136 valence electrons. The number of aryl methyl sites for hydroxylation is 1. The fourth-order valence-corrected chi connectivity index (χ4v) is 2.87. The zero-order valence-electron chi connectivity index (χ0n) is 14.7. The number of aromatic nitrogens is 2. The van der Waals surface area contributed by atoms with Crippen molar-refractivity contribution < 1.29 is 4.52 Å². The van der Waals surface area contributed by atoms with E-state index >= 15 is 0 Å². The highest BCUT2D eigenvalue weighted by Crippen LogP contribution is 2.07. The molecule has 1 aliphatic rings. The predicted octanol–water partition coefficient (Wildman–Crippen LogP) is 1.89. The van der Waals surface area contributed by atoms with Gasteiger partial charge in [-0.25, -0.2) is 0 Å². The molecule has 1 aliphatic heterocycles. The van der Waals surface area contributed by atoms with Crippen LogP contribution in [0, 0.1) is 6.92 Å². The number of rotatable bonds is 4. The summed E-state index contributed by atoms with van der Waals surface area (Å²) in [5.41, 5.74) is 3.04. The Balaban J connectivity index is 0.00000225. The molecule has 25 heavy (non-hydrogen) atoms. The third-order valence-corrected chi connectivity index (χ3v) is 4.13. The summed E-state index contributed by atoms with van der Waals surface area (Å²) < 4.78 is 4.89. The largest absolute Gasteiger partial charge is 0.364 e. The van der Waals surface area contributed by atoms with Crippen LogP contribution in [0.25, 0.3) is 0 Å². The second-order valence-electron chi connectivity index (χ2n) is 5.93. The summed E-state index contributed by atoms with van der Waals surface area (Å²) >= 11 is 0. The molecule has 1 saturated heterocycles. The molecular weight excluding hydrogens is 431 g/mol. The third kappa shape index (κ3) is 5.67. The minimum Gasteiger partial charge on any atom is -0.364 e. The predicted molar refractivity (Wildman–Crippen MR) is 108 cm³/mol. The lowest BCUT2D eigenvalue weighted by Gasteiger charge is -2.36. The van der Waals surface area contributed by atoms with E-state index in [-0.39, 0.29) is 24.0 Å². The molecule has 8 heteroatoms. The molecule has 2 aromatic rings. The number of halogens is 1. The minimum absolute atomic E-state index is 0. The van der Waals surface area contributed by atoms with Crippen LogP contribution in [0.2, 0.25) is 0 Å². The van der Waals surface area contributed by atoms with Crippen molar-refractivity contribution >= 4 is 29.9 Å². The van der Waals surface area contributed by atoms with Crippen molar-refractivity contribution in [3.63, 3.8) is 0 Å². The standard InChI is InChI=1S/C17H24N6O.HI/c1-14-4-3-5-15(20-14)12-19-17(18-2)23-9-7-22(8-10-23)13-16-6-11-24-21-16;/h3-6,11H,7-10,12-13H2,1-2H3,(H,18,19);1H. The maximum Gasteiger partial charge on any atom is 0.194 e. The normalized spacial score (nSPS) is 15.8. The molecule has 0 radical (unpaired) electrons. The Hall–Kier alpha value is -1.68. The molecule has 0 bridgehead atoms. The first-order valence-electron chi connectivity index (χ1n) is 8.24. The van der Waals surface area contributed by atoms with Crippen molar-refractivity contribution in [1.82, 2.24) is 25.3 Å². The Kier molecular flexibility index (Phi) is 7.63. The number of nitrogens with one attached hydrogen (secondary N) is 1. The fourth-order valence-electron chi connectivity index (χ4n) is 2.87. The van der Waals surface area contributed by atoms with Gasteiger partial charge in [-0.15, -0.1) is 24.0 Å². The zero-order valence-corrected chi connectivity index (χ0v) is 17.0. The van der Waals surface area contributed by atoms with Gasteiger partial charge in [0, 0.05) is 51.5 Å². The number of nitrogens with zero attached hydrogens (tertiary/aromatic N) is 5. The van der Waals surface area contributed by atoms with Crippen LogP contribution in [-0.4, -0.2) is 59.1 Å². The van der Waals surface area contributed by atoms with Crippen molar-refractivity contribution in [3.8, 4) is 0 Å². The Morgan fingerprint density at radius 2 is 2.00 bits per heavy atom. The second kappa shape index (κ2) is 9.71. The maximum absolute atomic E-state index is 4.89.